The number of thiazole rings is 1. The highest BCUT2D eigenvalue weighted by atomic mass is 32.1. The maximum absolute atomic E-state index is 13.0. The third-order valence-corrected chi connectivity index (χ3v) is 6.71. The lowest BCUT2D eigenvalue weighted by Crippen LogP contribution is -2.38. The molecule has 6 nitrogen and oxygen atoms in total. The average molecular weight is 430 g/mol. The van der Waals surface area contributed by atoms with E-state index in [1.165, 1.54) is 11.3 Å². The Hall–Kier alpha value is -2.42. The molecule has 0 unspecified atom stereocenters. The Morgan fingerprint density at radius 2 is 2.00 bits per heavy atom. The summed E-state index contributed by atoms with van der Waals surface area (Å²) in [4.78, 5) is 22.9. The Labute approximate surface area is 178 Å². The number of hydrogen-bond donors (Lipinski definition) is 0. The van der Waals surface area contributed by atoms with Gasteiger partial charge in [0.25, 0.3) is 5.91 Å². The Morgan fingerprint density at radius 3 is 2.72 bits per heavy atom. The van der Waals surface area contributed by atoms with Gasteiger partial charge in [-0.2, -0.15) is 0 Å². The summed E-state index contributed by atoms with van der Waals surface area (Å²) in [6, 6.07) is 7.79. The van der Waals surface area contributed by atoms with Crippen molar-refractivity contribution in [3.05, 3.63) is 40.6 Å². The lowest BCUT2D eigenvalue weighted by molar-refractivity contribution is -0.114. The van der Waals surface area contributed by atoms with E-state index in [4.69, 9.17) is 14.5 Å². The summed E-state index contributed by atoms with van der Waals surface area (Å²) in [5.74, 6) is 1.36. The van der Waals surface area contributed by atoms with E-state index in [9.17, 15) is 4.79 Å². The molecule has 0 N–H and O–H groups in total. The number of thiophene rings is 1. The molecule has 29 heavy (non-hydrogen) atoms. The largest absolute Gasteiger partial charge is 0.454 e. The van der Waals surface area contributed by atoms with Crippen LogP contribution in [-0.2, 0) is 4.79 Å². The van der Waals surface area contributed by atoms with E-state index in [0.717, 1.165) is 40.5 Å². The van der Waals surface area contributed by atoms with Crippen LogP contribution in [0.5, 0.6) is 11.5 Å². The number of rotatable bonds is 8. The molecule has 152 valence electrons. The van der Waals surface area contributed by atoms with Crippen LogP contribution in [0, 0.1) is 0 Å². The summed E-state index contributed by atoms with van der Waals surface area (Å²) in [7, 11) is 0. The fraction of sp³-hybridized carbons (Fsp3) is 0.333. The zero-order valence-electron chi connectivity index (χ0n) is 16.5. The predicted octanol–water partition coefficient (Wildman–Crippen LogP) is 4.47. The number of amides is 1. The lowest BCUT2D eigenvalue weighted by atomic mass is 10.3. The summed E-state index contributed by atoms with van der Waals surface area (Å²) < 4.78 is 11.9. The number of likely N-dealkylation sites (N-methyl/N-ethyl adjacent to an activating group) is 1. The van der Waals surface area contributed by atoms with E-state index in [1.54, 1.807) is 22.3 Å². The molecule has 1 aromatic carbocycles. The molecule has 0 spiro atoms. The van der Waals surface area contributed by atoms with Crippen molar-refractivity contribution in [1.29, 1.82) is 0 Å². The number of nitrogens with zero attached hydrogens (tertiary/aromatic N) is 3. The van der Waals surface area contributed by atoms with Gasteiger partial charge in [-0.1, -0.05) is 31.3 Å². The Balaban J connectivity index is 1.61. The van der Waals surface area contributed by atoms with Gasteiger partial charge < -0.3 is 14.4 Å². The third-order valence-electron chi connectivity index (χ3n) is 4.84. The fourth-order valence-corrected chi connectivity index (χ4v) is 4.76. The summed E-state index contributed by atoms with van der Waals surface area (Å²) in [5.41, 5.74) is 0.817. The van der Waals surface area contributed by atoms with Gasteiger partial charge in [0, 0.05) is 36.2 Å². The molecular formula is C21H23N3O3S2. The van der Waals surface area contributed by atoms with Crippen molar-refractivity contribution in [3.63, 3.8) is 0 Å². The molecule has 2 aromatic heterocycles. The highest BCUT2D eigenvalue weighted by molar-refractivity contribution is 7.22. The van der Waals surface area contributed by atoms with E-state index in [1.807, 2.05) is 35.7 Å². The van der Waals surface area contributed by atoms with E-state index in [-0.39, 0.29) is 12.7 Å². The number of carbonyl (C=O) groups excluding carboxylic acids is 1. The Morgan fingerprint density at radius 1 is 1.21 bits per heavy atom. The van der Waals surface area contributed by atoms with Crippen molar-refractivity contribution < 1.29 is 14.3 Å². The van der Waals surface area contributed by atoms with Crippen molar-refractivity contribution >= 4 is 50.0 Å². The maximum Gasteiger partial charge on any atom is 0.252 e. The minimum Gasteiger partial charge on any atom is -0.454 e. The highest BCUT2D eigenvalue weighted by Gasteiger charge is 2.21. The first-order chi connectivity index (χ1) is 14.2. The van der Waals surface area contributed by atoms with Gasteiger partial charge in [-0.3, -0.25) is 9.69 Å². The summed E-state index contributed by atoms with van der Waals surface area (Å²) >= 11 is 3.11. The monoisotopic (exact) mass is 429 g/mol. The first-order valence-corrected chi connectivity index (χ1v) is 11.3. The number of carbonyl (C=O) groups is 1. The normalized spacial score (nSPS) is 13.1. The zero-order valence-corrected chi connectivity index (χ0v) is 18.1. The van der Waals surface area contributed by atoms with Gasteiger partial charge in [0.1, 0.15) is 0 Å². The molecule has 0 aliphatic carbocycles. The summed E-state index contributed by atoms with van der Waals surface area (Å²) in [6.07, 6.45) is 3.49. The summed E-state index contributed by atoms with van der Waals surface area (Å²) in [5, 5.41) is 2.69. The van der Waals surface area contributed by atoms with Crippen LogP contribution < -0.4 is 14.4 Å². The molecule has 0 atom stereocenters. The second-order valence-corrected chi connectivity index (χ2v) is 8.52. The number of anilines is 1. The van der Waals surface area contributed by atoms with Crippen LogP contribution >= 0.6 is 22.7 Å². The first kappa shape index (κ1) is 19.9. The number of hydrogen-bond acceptors (Lipinski definition) is 7. The molecule has 3 heterocycles. The molecule has 0 radical (unpaired) electrons. The molecule has 0 bridgehead atoms. The van der Waals surface area contributed by atoms with Crippen molar-refractivity contribution in [1.82, 2.24) is 9.88 Å². The van der Waals surface area contributed by atoms with Gasteiger partial charge >= 0.3 is 0 Å². The maximum atomic E-state index is 13.0. The van der Waals surface area contributed by atoms with Crippen LogP contribution in [0.4, 0.5) is 5.13 Å². The van der Waals surface area contributed by atoms with Crippen LogP contribution in [0.15, 0.2) is 35.7 Å². The van der Waals surface area contributed by atoms with Crippen molar-refractivity contribution in [3.8, 4) is 11.5 Å². The predicted molar refractivity (Wildman–Crippen MR) is 119 cm³/mol. The smallest absolute Gasteiger partial charge is 0.252 e. The molecule has 1 aliphatic rings. The molecule has 1 amide bonds. The van der Waals surface area contributed by atoms with Crippen molar-refractivity contribution in [2.45, 2.75) is 13.8 Å². The number of benzene rings is 1. The molecule has 0 fully saturated rings. The molecule has 0 saturated heterocycles. The molecule has 3 aromatic rings. The molecule has 0 saturated carbocycles. The molecule has 4 rings (SSSR count). The number of fused-ring (bicyclic) bond motifs is 2. The quantitative estimate of drug-likeness (QED) is 0.495. The second kappa shape index (κ2) is 8.94. The second-order valence-electron chi connectivity index (χ2n) is 6.54. The number of ether oxygens (including phenoxy) is 2. The number of aromatic nitrogens is 1. The Kier molecular flexibility index (Phi) is 6.13. The van der Waals surface area contributed by atoms with E-state index >= 15 is 0 Å². The van der Waals surface area contributed by atoms with Gasteiger partial charge in [0.05, 0.1) is 10.2 Å². The van der Waals surface area contributed by atoms with Crippen LogP contribution in [0.3, 0.4) is 0 Å². The van der Waals surface area contributed by atoms with Crippen LogP contribution in [0.25, 0.3) is 16.3 Å². The third kappa shape index (κ3) is 4.44. The van der Waals surface area contributed by atoms with Gasteiger partial charge in [-0.15, -0.1) is 11.3 Å². The van der Waals surface area contributed by atoms with Gasteiger partial charge in [0.2, 0.25) is 6.79 Å². The standard InChI is InChI=1S/C21H23N3O3S2/c1-3-23(4-2)9-10-24(20(25)8-7-15-6-5-11-28-15)21-22-16-12-17-18(27-14-26-17)13-19(16)29-21/h5-8,11-13H,3-4,9-10,14H2,1-2H3. The SMILES string of the molecule is CCN(CC)CCN(C(=O)C=Cc1cccs1)c1nc2cc3c(cc2s1)OCO3. The van der Waals surface area contributed by atoms with E-state index in [2.05, 4.69) is 18.7 Å². The zero-order chi connectivity index (χ0) is 20.2. The highest BCUT2D eigenvalue weighted by Crippen LogP contribution is 2.39. The minimum atomic E-state index is -0.0651. The molecule has 1 aliphatic heterocycles. The molecule has 8 heteroatoms. The fourth-order valence-electron chi connectivity index (χ4n) is 3.13. The topological polar surface area (TPSA) is 54.9 Å². The van der Waals surface area contributed by atoms with Crippen LogP contribution in [-0.4, -0.2) is 48.8 Å². The first-order valence-electron chi connectivity index (χ1n) is 9.63. The lowest BCUT2D eigenvalue weighted by Gasteiger charge is -2.23. The molecular weight excluding hydrogens is 406 g/mol. The minimum absolute atomic E-state index is 0.0651. The van der Waals surface area contributed by atoms with E-state index < -0.39 is 0 Å². The van der Waals surface area contributed by atoms with Gasteiger partial charge in [0.15, 0.2) is 16.6 Å². The van der Waals surface area contributed by atoms with Gasteiger partial charge in [-0.05, 0) is 30.6 Å². The van der Waals surface area contributed by atoms with Crippen molar-refractivity contribution in [2.24, 2.45) is 0 Å². The van der Waals surface area contributed by atoms with Crippen LogP contribution in [0.2, 0.25) is 0 Å². The van der Waals surface area contributed by atoms with Gasteiger partial charge in [-0.25, -0.2) is 4.98 Å². The van der Waals surface area contributed by atoms with Crippen molar-refractivity contribution in [2.75, 3.05) is 37.9 Å². The Bertz CT molecular complexity index is 969. The van der Waals surface area contributed by atoms with Crippen LogP contribution in [0.1, 0.15) is 18.7 Å². The average Bonchev–Trinajstić information content (AvgIpc) is 3.47. The van der Waals surface area contributed by atoms with E-state index in [0.29, 0.717) is 17.4 Å². The summed E-state index contributed by atoms with van der Waals surface area (Å²) in [6.45, 7) is 7.78.